The summed E-state index contributed by atoms with van der Waals surface area (Å²) in [6.07, 6.45) is 4.33. The van der Waals surface area contributed by atoms with Crippen molar-refractivity contribution in [3.8, 4) is 17.0 Å². The summed E-state index contributed by atoms with van der Waals surface area (Å²) in [5.74, 6) is 0.661. The second kappa shape index (κ2) is 8.62. The Hall–Kier alpha value is -3.41. The highest BCUT2D eigenvalue weighted by molar-refractivity contribution is 5.89. The first-order chi connectivity index (χ1) is 12.8. The van der Waals surface area contributed by atoms with E-state index in [0.29, 0.717) is 12.8 Å². The third-order valence-electron chi connectivity index (χ3n) is 3.92. The van der Waals surface area contributed by atoms with Crippen LogP contribution in [0.5, 0.6) is 5.75 Å². The lowest BCUT2D eigenvalue weighted by molar-refractivity contribution is -0.121. The van der Waals surface area contributed by atoms with Gasteiger partial charge in [-0.25, -0.2) is 5.43 Å². The summed E-state index contributed by atoms with van der Waals surface area (Å²) in [4.78, 5) is 11.9. The summed E-state index contributed by atoms with van der Waals surface area (Å²) in [5.41, 5.74) is 6.26. The van der Waals surface area contributed by atoms with Gasteiger partial charge in [-0.1, -0.05) is 30.3 Å². The molecule has 6 nitrogen and oxygen atoms in total. The van der Waals surface area contributed by atoms with Crippen molar-refractivity contribution in [2.75, 3.05) is 7.11 Å². The van der Waals surface area contributed by atoms with E-state index in [1.165, 1.54) is 0 Å². The number of benzene rings is 2. The van der Waals surface area contributed by atoms with Crippen LogP contribution in [0.15, 0.2) is 65.9 Å². The Morgan fingerprint density at radius 2 is 1.96 bits per heavy atom. The highest BCUT2D eigenvalue weighted by Gasteiger charge is 2.06. The van der Waals surface area contributed by atoms with Gasteiger partial charge in [-0.2, -0.15) is 10.2 Å². The maximum Gasteiger partial charge on any atom is 0.240 e. The molecule has 0 aliphatic heterocycles. The number of amides is 1. The minimum atomic E-state index is -0.125. The number of aryl methyl sites for hydroxylation is 1. The third kappa shape index (κ3) is 4.57. The smallest absolute Gasteiger partial charge is 0.240 e. The second-order valence-corrected chi connectivity index (χ2v) is 5.71. The summed E-state index contributed by atoms with van der Waals surface area (Å²) >= 11 is 0. The molecule has 2 aromatic carbocycles. The number of H-pyrrole nitrogens is 1. The van der Waals surface area contributed by atoms with E-state index in [-0.39, 0.29) is 5.91 Å². The minimum Gasteiger partial charge on any atom is -0.497 e. The molecule has 0 aliphatic rings. The van der Waals surface area contributed by atoms with Gasteiger partial charge in [0.2, 0.25) is 5.91 Å². The van der Waals surface area contributed by atoms with Crippen molar-refractivity contribution in [1.82, 2.24) is 15.6 Å². The number of hydrogen-bond donors (Lipinski definition) is 2. The van der Waals surface area contributed by atoms with Crippen molar-refractivity contribution in [3.05, 3.63) is 71.9 Å². The van der Waals surface area contributed by atoms with Gasteiger partial charge in [0, 0.05) is 17.5 Å². The fourth-order valence-corrected chi connectivity index (χ4v) is 2.51. The van der Waals surface area contributed by atoms with Gasteiger partial charge in [-0.3, -0.25) is 9.89 Å². The molecule has 2 N–H and O–H groups in total. The van der Waals surface area contributed by atoms with E-state index in [2.05, 4.69) is 20.7 Å². The molecule has 1 aromatic heterocycles. The molecule has 0 fully saturated rings. The summed E-state index contributed by atoms with van der Waals surface area (Å²) in [7, 11) is 1.63. The molecule has 1 amide bonds. The highest BCUT2D eigenvalue weighted by atomic mass is 16.5. The number of hydrazone groups is 1. The van der Waals surface area contributed by atoms with E-state index in [9.17, 15) is 4.79 Å². The zero-order valence-electron chi connectivity index (χ0n) is 14.5. The van der Waals surface area contributed by atoms with Crippen molar-refractivity contribution < 1.29 is 9.53 Å². The number of nitrogens with one attached hydrogen (secondary N) is 2. The monoisotopic (exact) mass is 348 g/mol. The number of methoxy groups -OCH3 is 1. The zero-order chi connectivity index (χ0) is 18.2. The fourth-order valence-electron chi connectivity index (χ4n) is 2.51. The van der Waals surface area contributed by atoms with Crippen LogP contribution in [-0.4, -0.2) is 29.4 Å². The first-order valence-electron chi connectivity index (χ1n) is 8.30. The molecule has 0 unspecified atom stereocenters. The molecular weight excluding hydrogens is 328 g/mol. The molecule has 0 saturated carbocycles. The predicted molar refractivity (Wildman–Crippen MR) is 101 cm³/mol. The van der Waals surface area contributed by atoms with E-state index in [1.54, 1.807) is 19.5 Å². The first kappa shape index (κ1) is 17.4. The number of ether oxygens (including phenoxy) is 1. The van der Waals surface area contributed by atoms with Gasteiger partial charge in [-0.05, 0) is 36.2 Å². The maximum absolute atomic E-state index is 11.9. The number of rotatable bonds is 7. The number of hydrogen-bond acceptors (Lipinski definition) is 4. The highest BCUT2D eigenvalue weighted by Crippen LogP contribution is 2.22. The molecular formula is C20H20N4O2. The molecule has 6 heteroatoms. The molecule has 3 rings (SSSR count). The topological polar surface area (TPSA) is 79.4 Å². The molecule has 1 heterocycles. The number of aromatic amines is 1. The second-order valence-electron chi connectivity index (χ2n) is 5.71. The number of aromatic nitrogens is 2. The molecule has 0 atom stereocenters. The van der Waals surface area contributed by atoms with Crippen molar-refractivity contribution >= 4 is 12.1 Å². The van der Waals surface area contributed by atoms with Crippen molar-refractivity contribution in [2.24, 2.45) is 5.10 Å². The van der Waals surface area contributed by atoms with E-state index in [1.807, 2.05) is 54.6 Å². The Bertz CT molecular complexity index is 870. The molecule has 0 aliphatic carbocycles. The van der Waals surface area contributed by atoms with E-state index in [0.717, 1.165) is 28.1 Å². The maximum atomic E-state index is 11.9. The largest absolute Gasteiger partial charge is 0.497 e. The Kier molecular flexibility index (Phi) is 5.77. The zero-order valence-corrected chi connectivity index (χ0v) is 14.5. The van der Waals surface area contributed by atoms with Crippen molar-refractivity contribution in [1.29, 1.82) is 0 Å². The molecule has 0 saturated heterocycles. The third-order valence-corrected chi connectivity index (χ3v) is 3.92. The molecule has 0 spiro atoms. The number of carbonyl (C=O) groups is 1. The standard InChI is InChI=1S/C20H20N4O2/c1-26-18-10-8-16(9-11-18)20-17(14-22-24-20)13-21-23-19(25)12-7-15-5-3-2-4-6-15/h2-6,8-11,13-14H,7,12H2,1H3,(H,22,24)(H,23,25)/b21-13+. The average molecular weight is 348 g/mol. The van der Waals surface area contributed by atoms with Crippen LogP contribution in [0.4, 0.5) is 0 Å². The first-order valence-corrected chi connectivity index (χ1v) is 8.30. The summed E-state index contributed by atoms with van der Waals surface area (Å²) in [6.45, 7) is 0. The van der Waals surface area contributed by atoms with Crippen LogP contribution < -0.4 is 10.2 Å². The molecule has 26 heavy (non-hydrogen) atoms. The van der Waals surface area contributed by atoms with Crippen LogP contribution in [-0.2, 0) is 11.2 Å². The van der Waals surface area contributed by atoms with E-state index < -0.39 is 0 Å². The Morgan fingerprint density at radius 3 is 2.69 bits per heavy atom. The lowest BCUT2D eigenvalue weighted by atomic mass is 10.1. The normalized spacial score (nSPS) is 10.8. The van der Waals surface area contributed by atoms with Crippen LogP contribution in [0, 0.1) is 0 Å². The van der Waals surface area contributed by atoms with Crippen molar-refractivity contribution in [3.63, 3.8) is 0 Å². The van der Waals surface area contributed by atoms with Crippen LogP contribution in [0.25, 0.3) is 11.3 Å². The average Bonchev–Trinajstić information content (AvgIpc) is 3.16. The van der Waals surface area contributed by atoms with Crippen LogP contribution in [0.2, 0.25) is 0 Å². The van der Waals surface area contributed by atoms with Gasteiger partial charge >= 0.3 is 0 Å². The van der Waals surface area contributed by atoms with Gasteiger partial charge in [0.15, 0.2) is 0 Å². The van der Waals surface area contributed by atoms with Gasteiger partial charge in [-0.15, -0.1) is 0 Å². The summed E-state index contributed by atoms with van der Waals surface area (Å²) in [6, 6.07) is 17.5. The fraction of sp³-hybridized carbons (Fsp3) is 0.150. The van der Waals surface area contributed by atoms with Crippen LogP contribution >= 0.6 is 0 Å². The lowest BCUT2D eigenvalue weighted by Crippen LogP contribution is -2.17. The number of carbonyl (C=O) groups excluding carboxylic acids is 1. The Morgan fingerprint density at radius 1 is 1.19 bits per heavy atom. The molecule has 0 radical (unpaired) electrons. The van der Waals surface area contributed by atoms with Gasteiger partial charge < -0.3 is 4.74 Å². The summed E-state index contributed by atoms with van der Waals surface area (Å²) in [5, 5.41) is 11.0. The van der Waals surface area contributed by atoms with Gasteiger partial charge in [0.25, 0.3) is 0 Å². The molecule has 132 valence electrons. The lowest BCUT2D eigenvalue weighted by Gasteiger charge is -2.03. The van der Waals surface area contributed by atoms with Gasteiger partial charge in [0.1, 0.15) is 5.75 Å². The molecule has 0 bridgehead atoms. The quantitative estimate of drug-likeness (QED) is 0.508. The van der Waals surface area contributed by atoms with Crippen LogP contribution in [0.3, 0.4) is 0 Å². The summed E-state index contributed by atoms with van der Waals surface area (Å²) < 4.78 is 5.16. The van der Waals surface area contributed by atoms with E-state index in [4.69, 9.17) is 4.74 Å². The predicted octanol–water partition coefficient (Wildman–Crippen LogP) is 3.17. The van der Waals surface area contributed by atoms with Gasteiger partial charge in [0.05, 0.1) is 25.2 Å². The SMILES string of the molecule is COc1ccc(-c2[nH]ncc2/C=N/NC(=O)CCc2ccccc2)cc1. The minimum absolute atomic E-state index is 0.125. The Labute approximate surface area is 151 Å². The van der Waals surface area contributed by atoms with Crippen LogP contribution in [0.1, 0.15) is 17.5 Å². The van der Waals surface area contributed by atoms with E-state index >= 15 is 0 Å². The molecule has 3 aromatic rings. The van der Waals surface area contributed by atoms with Crippen molar-refractivity contribution in [2.45, 2.75) is 12.8 Å². The number of nitrogens with zero attached hydrogens (tertiary/aromatic N) is 2. The Balaban J connectivity index is 1.57.